The van der Waals surface area contributed by atoms with Gasteiger partial charge in [0.2, 0.25) is 4.87 Å². The zero-order valence-electron chi connectivity index (χ0n) is 12.1. The van der Waals surface area contributed by atoms with Gasteiger partial charge in [0.15, 0.2) is 0 Å². The van der Waals surface area contributed by atoms with Crippen molar-refractivity contribution in [2.75, 3.05) is 0 Å². The van der Waals surface area contributed by atoms with Crippen molar-refractivity contribution in [3.8, 4) is 0 Å². The minimum Gasteiger partial charge on any atom is -0.424 e. The molecule has 0 N–H and O–H groups in total. The van der Waals surface area contributed by atoms with Gasteiger partial charge in [0, 0.05) is 5.56 Å². The van der Waals surface area contributed by atoms with Gasteiger partial charge in [0.05, 0.1) is 10.9 Å². The Morgan fingerprint density at radius 2 is 1.62 bits per heavy atom. The standard InChI is InChI=1S/C18H9ClO5/c19-18(13-8-4-3-7-12(13)16(21)24-17(18)22)14-9-10-5-1-2-6-11(10)15(20)23-14/h1-9H. The summed E-state index contributed by atoms with van der Waals surface area (Å²) in [6.45, 7) is 0. The first-order valence-corrected chi connectivity index (χ1v) is 7.48. The van der Waals surface area contributed by atoms with E-state index >= 15 is 0 Å². The van der Waals surface area contributed by atoms with Crippen molar-refractivity contribution in [1.29, 1.82) is 0 Å². The number of fused-ring (bicyclic) bond motifs is 2. The molecular formula is C18H9ClO5. The predicted molar refractivity (Wildman–Crippen MR) is 86.0 cm³/mol. The Morgan fingerprint density at radius 3 is 2.46 bits per heavy atom. The predicted octanol–water partition coefficient (Wildman–Crippen LogP) is 2.97. The first-order valence-electron chi connectivity index (χ1n) is 7.10. The highest BCUT2D eigenvalue weighted by molar-refractivity contribution is 6.38. The van der Waals surface area contributed by atoms with Gasteiger partial charge in [-0.3, -0.25) is 0 Å². The minimum atomic E-state index is -1.90. The third-order valence-electron chi connectivity index (χ3n) is 3.99. The Kier molecular flexibility index (Phi) is 3.08. The topological polar surface area (TPSA) is 73.6 Å². The first-order chi connectivity index (χ1) is 11.5. The van der Waals surface area contributed by atoms with Crippen LogP contribution in [0, 0.1) is 0 Å². The Labute approximate surface area is 140 Å². The fraction of sp³-hybridized carbons (Fsp3) is 0.0556. The van der Waals surface area contributed by atoms with E-state index in [9.17, 15) is 14.4 Å². The maximum atomic E-state index is 12.4. The molecule has 1 aliphatic heterocycles. The molecule has 2 heterocycles. The molecule has 6 heteroatoms. The molecule has 3 aromatic rings. The summed E-state index contributed by atoms with van der Waals surface area (Å²) in [4.78, 5) is 34.6. The Balaban J connectivity index is 2.05. The van der Waals surface area contributed by atoms with Gasteiger partial charge in [-0.25, -0.2) is 14.4 Å². The second-order valence-electron chi connectivity index (χ2n) is 5.37. The molecule has 0 spiro atoms. The molecule has 4 rings (SSSR count). The molecule has 5 nitrogen and oxygen atoms in total. The average molecular weight is 341 g/mol. The van der Waals surface area contributed by atoms with Crippen LogP contribution in [-0.2, 0) is 14.4 Å². The van der Waals surface area contributed by atoms with Gasteiger partial charge in [-0.05, 0) is 23.6 Å². The molecule has 118 valence electrons. The van der Waals surface area contributed by atoms with Crippen LogP contribution in [0.4, 0.5) is 0 Å². The summed E-state index contributed by atoms with van der Waals surface area (Å²) >= 11 is 6.56. The first kappa shape index (κ1) is 14.7. The number of cyclic esters (lactones) is 2. The zero-order chi connectivity index (χ0) is 16.9. The summed E-state index contributed by atoms with van der Waals surface area (Å²) in [6.07, 6.45) is 0. The fourth-order valence-electron chi connectivity index (χ4n) is 2.82. The van der Waals surface area contributed by atoms with Crippen LogP contribution in [0.1, 0.15) is 21.7 Å². The number of carbonyl (C=O) groups excluding carboxylic acids is 2. The Bertz CT molecular complexity index is 1070. The lowest BCUT2D eigenvalue weighted by Crippen LogP contribution is -2.41. The van der Waals surface area contributed by atoms with Crippen LogP contribution in [0.3, 0.4) is 0 Å². The number of halogens is 1. The van der Waals surface area contributed by atoms with Crippen molar-refractivity contribution in [2.24, 2.45) is 0 Å². The van der Waals surface area contributed by atoms with Crippen LogP contribution in [0.15, 0.2) is 63.8 Å². The molecule has 0 bridgehead atoms. The van der Waals surface area contributed by atoms with Crippen molar-refractivity contribution in [3.05, 3.63) is 81.9 Å². The summed E-state index contributed by atoms with van der Waals surface area (Å²) in [5, 5.41) is 0.945. The van der Waals surface area contributed by atoms with Crippen LogP contribution in [0.25, 0.3) is 10.8 Å². The second kappa shape index (κ2) is 5.04. The van der Waals surface area contributed by atoms with Crippen molar-refractivity contribution in [3.63, 3.8) is 0 Å². The molecule has 0 saturated carbocycles. The van der Waals surface area contributed by atoms with Gasteiger partial charge in [0.25, 0.3) is 0 Å². The van der Waals surface area contributed by atoms with Crippen LogP contribution in [0.5, 0.6) is 0 Å². The van der Waals surface area contributed by atoms with Gasteiger partial charge < -0.3 is 9.15 Å². The average Bonchev–Trinajstić information content (AvgIpc) is 2.60. The number of esters is 2. The van der Waals surface area contributed by atoms with Gasteiger partial charge in [-0.1, -0.05) is 48.0 Å². The molecule has 0 aliphatic carbocycles. The molecule has 1 aromatic heterocycles. The number of benzene rings is 2. The largest absolute Gasteiger partial charge is 0.424 e. The third kappa shape index (κ3) is 1.91. The summed E-state index contributed by atoms with van der Waals surface area (Å²) in [6, 6.07) is 14.6. The highest BCUT2D eigenvalue weighted by atomic mass is 35.5. The number of hydrogen-bond donors (Lipinski definition) is 0. The second-order valence-corrected chi connectivity index (χ2v) is 5.93. The van der Waals surface area contributed by atoms with E-state index in [2.05, 4.69) is 0 Å². The molecule has 1 atom stereocenters. The van der Waals surface area contributed by atoms with Crippen LogP contribution in [-0.4, -0.2) is 11.9 Å². The SMILES string of the molecule is O=C1OC(=O)C(Cl)(c2cc3ccccc3c(=O)o2)c2ccccc21. The zero-order valence-corrected chi connectivity index (χ0v) is 12.9. The highest BCUT2D eigenvalue weighted by Gasteiger charge is 2.51. The molecule has 1 unspecified atom stereocenters. The van der Waals surface area contributed by atoms with Crippen LogP contribution >= 0.6 is 11.6 Å². The van der Waals surface area contributed by atoms with Gasteiger partial charge in [-0.15, -0.1) is 0 Å². The lowest BCUT2D eigenvalue weighted by atomic mass is 9.88. The maximum absolute atomic E-state index is 12.4. The van der Waals surface area contributed by atoms with E-state index in [-0.39, 0.29) is 16.9 Å². The number of rotatable bonds is 1. The van der Waals surface area contributed by atoms with Crippen molar-refractivity contribution >= 4 is 34.3 Å². The van der Waals surface area contributed by atoms with E-state index in [1.807, 2.05) is 0 Å². The number of alkyl halides is 1. The van der Waals surface area contributed by atoms with Gasteiger partial charge in [-0.2, -0.15) is 0 Å². The Hall–Kier alpha value is -2.92. The molecular weight excluding hydrogens is 332 g/mol. The van der Waals surface area contributed by atoms with Gasteiger partial charge in [0.1, 0.15) is 5.76 Å². The quantitative estimate of drug-likeness (QED) is 0.387. The lowest BCUT2D eigenvalue weighted by Gasteiger charge is -2.29. The van der Waals surface area contributed by atoms with Crippen LogP contribution in [0.2, 0.25) is 0 Å². The summed E-state index contributed by atoms with van der Waals surface area (Å²) in [5.74, 6) is -1.86. The summed E-state index contributed by atoms with van der Waals surface area (Å²) in [5.41, 5.74) is -0.237. The number of ether oxygens (including phenoxy) is 1. The van der Waals surface area contributed by atoms with E-state index in [0.29, 0.717) is 10.8 Å². The molecule has 0 saturated heterocycles. The molecule has 0 radical (unpaired) electrons. The smallest absolute Gasteiger partial charge is 0.347 e. The highest BCUT2D eigenvalue weighted by Crippen LogP contribution is 2.43. The van der Waals surface area contributed by atoms with E-state index < -0.39 is 22.4 Å². The van der Waals surface area contributed by atoms with Crippen molar-refractivity contribution in [1.82, 2.24) is 0 Å². The molecule has 0 amide bonds. The summed E-state index contributed by atoms with van der Waals surface area (Å²) in [7, 11) is 0. The monoisotopic (exact) mass is 340 g/mol. The molecule has 2 aromatic carbocycles. The number of carbonyl (C=O) groups is 2. The lowest BCUT2D eigenvalue weighted by molar-refractivity contribution is -0.141. The number of hydrogen-bond acceptors (Lipinski definition) is 5. The normalized spacial score (nSPS) is 19.9. The minimum absolute atomic E-state index is 0.0854. The van der Waals surface area contributed by atoms with Crippen LogP contribution < -0.4 is 5.63 Å². The molecule has 0 fully saturated rings. The van der Waals surface area contributed by atoms with Gasteiger partial charge >= 0.3 is 17.6 Å². The maximum Gasteiger partial charge on any atom is 0.347 e. The summed E-state index contributed by atoms with van der Waals surface area (Å²) < 4.78 is 10.1. The molecule has 1 aliphatic rings. The molecule has 24 heavy (non-hydrogen) atoms. The Morgan fingerprint density at radius 1 is 0.917 bits per heavy atom. The van der Waals surface area contributed by atoms with Crippen molar-refractivity contribution < 1.29 is 18.7 Å². The van der Waals surface area contributed by atoms with E-state index in [1.54, 1.807) is 36.4 Å². The fourth-order valence-corrected chi connectivity index (χ4v) is 3.11. The van der Waals surface area contributed by atoms with Crippen molar-refractivity contribution in [2.45, 2.75) is 4.87 Å². The van der Waals surface area contributed by atoms with E-state index in [1.165, 1.54) is 18.2 Å². The van der Waals surface area contributed by atoms with E-state index in [4.69, 9.17) is 20.8 Å². The third-order valence-corrected chi connectivity index (χ3v) is 4.54. The van der Waals surface area contributed by atoms with E-state index in [0.717, 1.165) is 0 Å².